The molecule has 3 rings (SSSR count). The fourth-order valence-electron chi connectivity index (χ4n) is 3.45. The van der Waals surface area contributed by atoms with E-state index in [0.717, 1.165) is 30.6 Å². The van der Waals surface area contributed by atoms with E-state index in [-0.39, 0.29) is 11.8 Å². The van der Waals surface area contributed by atoms with Gasteiger partial charge in [0.25, 0.3) is 0 Å². The highest BCUT2D eigenvalue weighted by Crippen LogP contribution is 2.18. The molecule has 0 aromatic heterocycles. The number of rotatable bonds is 6. The van der Waals surface area contributed by atoms with Gasteiger partial charge in [-0.3, -0.25) is 4.90 Å². The van der Waals surface area contributed by atoms with Crippen LogP contribution in [0.15, 0.2) is 54.6 Å². The molecule has 2 aromatic rings. The van der Waals surface area contributed by atoms with Crippen molar-refractivity contribution in [2.24, 2.45) is 0 Å². The van der Waals surface area contributed by atoms with Gasteiger partial charge in [0.1, 0.15) is 0 Å². The molecule has 4 nitrogen and oxygen atoms in total. The summed E-state index contributed by atoms with van der Waals surface area (Å²) >= 11 is 0. The molecule has 1 fully saturated rings. The molecule has 0 N–H and O–H groups in total. The lowest BCUT2D eigenvalue weighted by Gasteiger charge is -2.39. The molecule has 2 aromatic carbocycles. The normalized spacial score (nSPS) is 19.5. The van der Waals surface area contributed by atoms with Crippen LogP contribution in [0.3, 0.4) is 0 Å². The highest BCUT2D eigenvalue weighted by Gasteiger charge is 2.30. The maximum absolute atomic E-state index is 12.8. The average molecular weight is 373 g/mol. The topological polar surface area (TPSA) is 40.6 Å². The summed E-state index contributed by atoms with van der Waals surface area (Å²) in [4.78, 5) is 2.39. The Balaban J connectivity index is 1.56. The Labute approximate surface area is 157 Å². The fraction of sp³-hybridized carbons (Fsp3) is 0.429. The number of benzene rings is 2. The van der Waals surface area contributed by atoms with Gasteiger partial charge in [-0.1, -0.05) is 60.2 Å². The second-order valence-corrected chi connectivity index (χ2v) is 9.19. The zero-order valence-corrected chi connectivity index (χ0v) is 16.5. The van der Waals surface area contributed by atoms with Crippen LogP contribution < -0.4 is 0 Å². The van der Waals surface area contributed by atoms with Crippen molar-refractivity contribution >= 4 is 10.0 Å². The minimum atomic E-state index is -3.27. The Morgan fingerprint density at radius 3 is 2.31 bits per heavy atom. The van der Waals surface area contributed by atoms with Crippen molar-refractivity contribution in [2.75, 3.05) is 26.2 Å². The van der Waals surface area contributed by atoms with Crippen LogP contribution in [-0.2, 0) is 22.2 Å². The summed E-state index contributed by atoms with van der Waals surface area (Å²) in [5, 5.41) is 0. The lowest BCUT2D eigenvalue weighted by atomic mass is 10.1. The summed E-state index contributed by atoms with van der Waals surface area (Å²) < 4.78 is 27.2. The summed E-state index contributed by atoms with van der Waals surface area (Å²) in [5.41, 5.74) is 3.33. The van der Waals surface area contributed by atoms with E-state index in [0.29, 0.717) is 13.1 Å². The van der Waals surface area contributed by atoms with Crippen LogP contribution in [0.2, 0.25) is 0 Å². The number of sulfonamides is 1. The second kappa shape index (κ2) is 8.33. The average Bonchev–Trinajstić information content (AvgIpc) is 2.63. The van der Waals surface area contributed by atoms with Crippen LogP contribution in [0.4, 0.5) is 0 Å². The van der Waals surface area contributed by atoms with E-state index in [9.17, 15) is 8.42 Å². The van der Waals surface area contributed by atoms with Crippen molar-refractivity contribution in [2.45, 2.75) is 32.1 Å². The molecule has 26 heavy (non-hydrogen) atoms. The van der Waals surface area contributed by atoms with Crippen molar-refractivity contribution in [3.8, 4) is 0 Å². The number of aryl methyl sites for hydroxylation is 1. The van der Waals surface area contributed by atoms with Crippen molar-refractivity contribution in [1.82, 2.24) is 9.21 Å². The molecule has 0 amide bonds. The van der Waals surface area contributed by atoms with Gasteiger partial charge in [-0.05, 0) is 31.4 Å². The highest BCUT2D eigenvalue weighted by molar-refractivity contribution is 7.88. The van der Waals surface area contributed by atoms with Crippen molar-refractivity contribution in [3.05, 3.63) is 71.3 Å². The number of hydrogen-bond acceptors (Lipinski definition) is 3. The smallest absolute Gasteiger partial charge is 0.218 e. The molecule has 1 saturated heterocycles. The number of nitrogens with zero attached hydrogens (tertiary/aromatic N) is 2. The maximum Gasteiger partial charge on any atom is 0.218 e. The molecule has 1 heterocycles. The Kier molecular flexibility index (Phi) is 6.12. The van der Waals surface area contributed by atoms with Gasteiger partial charge in [0, 0.05) is 32.2 Å². The monoisotopic (exact) mass is 372 g/mol. The Bertz CT molecular complexity index is 804. The molecule has 0 radical (unpaired) electrons. The van der Waals surface area contributed by atoms with Gasteiger partial charge in [-0.2, -0.15) is 4.31 Å². The van der Waals surface area contributed by atoms with Gasteiger partial charge >= 0.3 is 0 Å². The fourth-order valence-corrected chi connectivity index (χ4v) is 5.05. The summed E-state index contributed by atoms with van der Waals surface area (Å²) in [6, 6.07) is 18.4. The van der Waals surface area contributed by atoms with E-state index >= 15 is 0 Å². The zero-order valence-electron chi connectivity index (χ0n) is 15.6. The third-order valence-electron chi connectivity index (χ3n) is 5.12. The van der Waals surface area contributed by atoms with E-state index in [4.69, 9.17) is 0 Å². The molecule has 0 saturated carbocycles. The van der Waals surface area contributed by atoms with Gasteiger partial charge in [0.15, 0.2) is 0 Å². The maximum atomic E-state index is 12.8. The highest BCUT2D eigenvalue weighted by atomic mass is 32.2. The van der Waals surface area contributed by atoms with Gasteiger partial charge in [-0.25, -0.2) is 8.42 Å². The van der Waals surface area contributed by atoms with Gasteiger partial charge in [-0.15, -0.1) is 0 Å². The first-order valence-electron chi connectivity index (χ1n) is 9.25. The number of piperazine rings is 1. The van der Waals surface area contributed by atoms with Crippen LogP contribution in [0.5, 0.6) is 0 Å². The quantitative estimate of drug-likeness (QED) is 0.782. The third kappa shape index (κ3) is 4.93. The zero-order chi connectivity index (χ0) is 18.6. The SMILES string of the molecule is Cc1ccc(CS(=O)(=O)N2CCN(CCc3ccccc3)C(C)C2)cc1. The molecule has 0 spiro atoms. The van der Waals surface area contributed by atoms with Crippen LogP contribution in [0.25, 0.3) is 0 Å². The summed E-state index contributed by atoms with van der Waals surface area (Å²) in [7, 11) is -3.27. The molecule has 5 heteroatoms. The standard InChI is InChI=1S/C21H28N2O2S/c1-18-8-10-21(11-9-18)17-26(24,25)23-15-14-22(19(2)16-23)13-12-20-6-4-3-5-7-20/h3-11,19H,12-17H2,1-2H3. The predicted molar refractivity (Wildman–Crippen MR) is 107 cm³/mol. The van der Waals surface area contributed by atoms with Crippen LogP contribution in [0, 0.1) is 6.92 Å². The molecule has 0 aliphatic carbocycles. The Hall–Kier alpha value is -1.69. The predicted octanol–water partition coefficient (Wildman–Crippen LogP) is 3.07. The first-order valence-corrected chi connectivity index (χ1v) is 10.9. The minimum absolute atomic E-state index is 0.0873. The number of hydrogen-bond donors (Lipinski definition) is 0. The van der Waals surface area contributed by atoms with E-state index in [2.05, 4.69) is 36.1 Å². The van der Waals surface area contributed by atoms with E-state index < -0.39 is 10.0 Å². The molecule has 1 aliphatic rings. The van der Waals surface area contributed by atoms with Crippen molar-refractivity contribution in [1.29, 1.82) is 0 Å². The van der Waals surface area contributed by atoms with Crippen molar-refractivity contribution < 1.29 is 8.42 Å². The van der Waals surface area contributed by atoms with Crippen LogP contribution >= 0.6 is 0 Å². The minimum Gasteiger partial charge on any atom is -0.298 e. The van der Waals surface area contributed by atoms with Gasteiger partial charge in [0.2, 0.25) is 10.0 Å². The molecule has 140 valence electrons. The Morgan fingerprint density at radius 1 is 0.962 bits per heavy atom. The lowest BCUT2D eigenvalue weighted by molar-refractivity contribution is 0.130. The van der Waals surface area contributed by atoms with Gasteiger partial charge < -0.3 is 0 Å². The van der Waals surface area contributed by atoms with Crippen molar-refractivity contribution in [3.63, 3.8) is 0 Å². The molecular weight excluding hydrogens is 344 g/mol. The Morgan fingerprint density at radius 2 is 1.65 bits per heavy atom. The van der Waals surface area contributed by atoms with E-state index in [1.807, 2.05) is 37.3 Å². The van der Waals surface area contributed by atoms with Gasteiger partial charge in [0.05, 0.1) is 5.75 Å². The summed E-state index contributed by atoms with van der Waals surface area (Å²) in [6.45, 7) is 7.04. The summed E-state index contributed by atoms with van der Waals surface area (Å²) in [6.07, 6.45) is 1.00. The summed E-state index contributed by atoms with van der Waals surface area (Å²) in [5.74, 6) is 0.0873. The van der Waals surface area contributed by atoms with E-state index in [1.54, 1.807) is 4.31 Å². The first-order chi connectivity index (χ1) is 12.4. The second-order valence-electron chi connectivity index (χ2n) is 7.22. The molecular formula is C21H28N2O2S. The van der Waals surface area contributed by atoms with E-state index in [1.165, 1.54) is 5.56 Å². The first kappa shape index (κ1) is 19.1. The lowest BCUT2D eigenvalue weighted by Crippen LogP contribution is -2.54. The molecule has 0 bridgehead atoms. The third-order valence-corrected chi connectivity index (χ3v) is 6.94. The molecule has 1 atom stereocenters. The molecule has 1 aliphatic heterocycles. The largest absolute Gasteiger partial charge is 0.298 e. The molecule has 1 unspecified atom stereocenters. The van der Waals surface area contributed by atoms with Crippen LogP contribution in [-0.4, -0.2) is 49.8 Å². The van der Waals surface area contributed by atoms with Crippen LogP contribution in [0.1, 0.15) is 23.6 Å².